The molecule has 0 spiro atoms. The maximum absolute atomic E-state index is 11.3. The molecule has 0 amide bonds. The van der Waals surface area contributed by atoms with Crippen molar-refractivity contribution in [2.45, 2.75) is 19.8 Å². The Morgan fingerprint density at radius 3 is 2.35 bits per heavy atom. The first kappa shape index (κ1) is 11.6. The van der Waals surface area contributed by atoms with E-state index >= 15 is 0 Å². The molecule has 0 fully saturated rings. The van der Waals surface area contributed by atoms with Gasteiger partial charge in [-0.1, -0.05) is 24.3 Å². The predicted molar refractivity (Wildman–Crippen MR) is 60.7 cm³/mol. The zero-order valence-electron chi connectivity index (χ0n) is 9.51. The Kier molecular flexibility index (Phi) is 2.65. The Labute approximate surface area is 98.9 Å². The third kappa shape index (κ3) is 1.79. The highest BCUT2D eigenvalue weighted by Crippen LogP contribution is 2.40. The van der Waals surface area contributed by atoms with E-state index in [1.54, 1.807) is 0 Å². The lowest BCUT2D eigenvalue weighted by Crippen LogP contribution is -2.45. The number of rotatable bonds is 2. The van der Waals surface area contributed by atoms with Crippen LogP contribution in [0, 0.1) is 11.3 Å². The van der Waals surface area contributed by atoms with Gasteiger partial charge in [0.05, 0.1) is 11.3 Å². The number of carbonyl (C=O) groups is 2. The van der Waals surface area contributed by atoms with E-state index < -0.39 is 23.3 Å². The van der Waals surface area contributed by atoms with E-state index in [0.29, 0.717) is 0 Å². The van der Waals surface area contributed by atoms with Crippen LogP contribution in [0.3, 0.4) is 0 Å². The molecular weight excluding hydrogens is 220 g/mol. The summed E-state index contributed by atoms with van der Waals surface area (Å²) in [5.41, 5.74) is 0.661. The molecule has 4 heteroatoms. The van der Waals surface area contributed by atoms with Gasteiger partial charge in [0, 0.05) is 0 Å². The SMILES string of the molecule is CC1(C(=O)O)Cc2ccccc2CC1C(=O)O. The summed E-state index contributed by atoms with van der Waals surface area (Å²) in [5, 5.41) is 18.5. The van der Waals surface area contributed by atoms with E-state index in [-0.39, 0.29) is 12.8 Å². The molecule has 0 heterocycles. The van der Waals surface area contributed by atoms with Crippen molar-refractivity contribution in [1.29, 1.82) is 0 Å². The van der Waals surface area contributed by atoms with Gasteiger partial charge < -0.3 is 10.2 Å². The van der Waals surface area contributed by atoms with E-state index in [2.05, 4.69) is 0 Å². The summed E-state index contributed by atoms with van der Waals surface area (Å²) >= 11 is 0. The highest BCUT2D eigenvalue weighted by atomic mass is 16.4. The van der Waals surface area contributed by atoms with Crippen LogP contribution in [0.25, 0.3) is 0 Å². The van der Waals surface area contributed by atoms with Crippen molar-refractivity contribution in [2.24, 2.45) is 11.3 Å². The molecule has 2 atom stereocenters. The van der Waals surface area contributed by atoms with E-state index in [4.69, 9.17) is 0 Å². The first-order valence-electron chi connectivity index (χ1n) is 5.48. The normalized spacial score (nSPS) is 27.2. The van der Waals surface area contributed by atoms with Gasteiger partial charge in [0.2, 0.25) is 0 Å². The molecule has 4 nitrogen and oxygen atoms in total. The number of hydrogen-bond acceptors (Lipinski definition) is 2. The molecule has 0 saturated heterocycles. The molecule has 17 heavy (non-hydrogen) atoms. The number of benzene rings is 1. The number of fused-ring (bicyclic) bond motifs is 1. The van der Waals surface area contributed by atoms with Gasteiger partial charge in [-0.15, -0.1) is 0 Å². The van der Waals surface area contributed by atoms with E-state index in [1.165, 1.54) is 6.92 Å². The molecule has 1 aromatic carbocycles. The first-order chi connectivity index (χ1) is 7.95. The third-order valence-corrected chi connectivity index (χ3v) is 3.66. The fraction of sp³-hybridized carbons (Fsp3) is 0.385. The number of carboxylic acid groups (broad SMARTS) is 2. The van der Waals surface area contributed by atoms with Crippen LogP contribution in [0.1, 0.15) is 18.1 Å². The summed E-state index contributed by atoms with van der Waals surface area (Å²) in [7, 11) is 0. The summed E-state index contributed by atoms with van der Waals surface area (Å²) in [4.78, 5) is 22.6. The van der Waals surface area contributed by atoms with Crippen molar-refractivity contribution in [3.63, 3.8) is 0 Å². The predicted octanol–water partition coefficient (Wildman–Crippen LogP) is 1.58. The van der Waals surface area contributed by atoms with Gasteiger partial charge in [0.1, 0.15) is 0 Å². The number of aliphatic carboxylic acids is 2. The smallest absolute Gasteiger partial charge is 0.310 e. The van der Waals surface area contributed by atoms with Crippen molar-refractivity contribution < 1.29 is 19.8 Å². The van der Waals surface area contributed by atoms with Crippen LogP contribution in [0.4, 0.5) is 0 Å². The number of hydrogen-bond donors (Lipinski definition) is 2. The summed E-state index contributed by atoms with van der Waals surface area (Å²) in [6.45, 7) is 1.52. The van der Waals surface area contributed by atoms with Gasteiger partial charge in [0.25, 0.3) is 0 Å². The first-order valence-corrected chi connectivity index (χ1v) is 5.48. The second kappa shape index (κ2) is 3.87. The van der Waals surface area contributed by atoms with E-state index in [0.717, 1.165) is 11.1 Å². The highest BCUT2D eigenvalue weighted by molar-refractivity contribution is 5.84. The molecular formula is C13H14O4. The molecule has 0 saturated carbocycles. The quantitative estimate of drug-likeness (QED) is 0.814. The van der Waals surface area contributed by atoms with Gasteiger partial charge in [-0.3, -0.25) is 9.59 Å². The molecule has 0 aliphatic heterocycles. The van der Waals surface area contributed by atoms with Crippen LogP contribution in [-0.2, 0) is 22.4 Å². The molecule has 90 valence electrons. The zero-order valence-corrected chi connectivity index (χ0v) is 9.51. The lowest BCUT2D eigenvalue weighted by Gasteiger charge is -2.36. The average Bonchev–Trinajstić information content (AvgIpc) is 2.27. The van der Waals surface area contributed by atoms with Crippen LogP contribution in [0.5, 0.6) is 0 Å². The van der Waals surface area contributed by atoms with Gasteiger partial charge in [-0.2, -0.15) is 0 Å². The molecule has 2 N–H and O–H groups in total. The van der Waals surface area contributed by atoms with Crippen LogP contribution in [0.15, 0.2) is 24.3 Å². The number of carboxylic acids is 2. The zero-order chi connectivity index (χ0) is 12.6. The van der Waals surface area contributed by atoms with Gasteiger partial charge in [-0.25, -0.2) is 0 Å². The van der Waals surface area contributed by atoms with E-state index in [9.17, 15) is 19.8 Å². The van der Waals surface area contributed by atoms with Crippen molar-refractivity contribution in [3.05, 3.63) is 35.4 Å². The minimum atomic E-state index is -1.22. The molecule has 2 unspecified atom stereocenters. The summed E-state index contributed by atoms with van der Waals surface area (Å²) in [6, 6.07) is 7.44. The highest BCUT2D eigenvalue weighted by Gasteiger charge is 2.48. The van der Waals surface area contributed by atoms with Crippen molar-refractivity contribution in [2.75, 3.05) is 0 Å². The molecule has 1 aromatic rings. The molecule has 0 bridgehead atoms. The van der Waals surface area contributed by atoms with Crippen molar-refractivity contribution >= 4 is 11.9 Å². The Bertz CT molecular complexity index is 480. The Balaban J connectivity index is 2.48. The summed E-state index contributed by atoms with van der Waals surface area (Å²) in [6.07, 6.45) is 0.559. The summed E-state index contributed by atoms with van der Waals surface area (Å²) < 4.78 is 0. The van der Waals surface area contributed by atoms with Crippen LogP contribution in [-0.4, -0.2) is 22.2 Å². The van der Waals surface area contributed by atoms with Crippen LogP contribution in [0.2, 0.25) is 0 Å². The molecule has 1 aliphatic carbocycles. The fourth-order valence-electron chi connectivity index (χ4n) is 2.48. The Morgan fingerprint density at radius 1 is 1.24 bits per heavy atom. The molecule has 0 radical (unpaired) electrons. The van der Waals surface area contributed by atoms with Crippen molar-refractivity contribution in [3.8, 4) is 0 Å². The lowest BCUT2D eigenvalue weighted by atomic mass is 9.65. The van der Waals surface area contributed by atoms with Gasteiger partial charge in [-0.05, 0) is 30.9 Å². The third-order valence-electron chi connectivity index (χ3n) is 3.66. The Hall–Kier alpha value is -1.84. The molecule has 2 rings (SSSR count). The Morgan fingerprint density at radius 2 is 1.82 bits per heavy atom. The molecule has 0 aromatic heterocycles. The van der Waals surface area contributed by atoms with E-state index in [1.807, 2.05) is 24.3 Å². The largest absolute Gasteiger partial charge is 0.481 e. The monoisotopic (exact) mass is 234 g/mol. The topological polar surface area (TPSA) is 74.6 Å². The fourth-order valence-corrected chi connectivity index (χ4v) is 2.48. The lowest BCUT2D eigenvalue weighted by molar-refractivity contribution is -0.162. The minimum absolute atomic E-state index is 0.273. The minimum Gasteiger partial charge on any atom is -0.481 e. The second-order valence-electron chi connectivity index (χ2n) is 4.76. The standard InChI is InChI=1S/C13H14O4/c1-13(12(16)17)7-9-5-3-2-4-8(9)6-10(13)11(14)15/h2-5,10H,6-7H2,1H3,(H,14,15)(H,16,17). The average molecular weight is 234 g/mol. The van der Waals surface area contributed by atoms with Crippen molar-refractivity contribution in [1.82, 2.24) is 0 Å². The maximum atomic E-state index is 11.3. The van der Waals surface area contributed by atoms with Crippen LogP contribution < -0.4 is 0 Å². The maximum Gasteiger partial charge on any atom is 0.310 e. The molecule has 1 aliphatic rings. The van der Waals surface area contributed by atoms with Crippen LogP contribution >= 0.6 is 0 Å². The summed E-state index contributed by atoms with van der Waals surface area (Å²) in [5.74, 6) is -2.95. The second-order valence-corrected chi connectivity index (χ2v) is 4.76. The van der Waals surface area contributed by atoms with Gasteiger partial charge >= 0.3 is 11.9 Å². The van der Waals surface area contributed by atoms with Gasteiger partial charge in [0.15, 0.2) is 0 Å².